The molecule has 21 heavy (non-hydrogen) atoms. The number of hydrogen-bond acceptors (Lipinski definition) is 4. The van der Waals surface area contributed by atoms with Gasteiger partial charge >= 0.3 is 5.97 Å². The number of aromatic carboxylic acids is 1. The van der Waals surface area contributed by atoms with Gasteiger partial charge in [-0.25, -0.2) is 9.78 Å². The smallest absolute Gasteiger partial charge is 0.336 e. The molecular weight excluding hydrogens is 268 g/mol. The van der Waals surface area contributed by atoms with Crippen LogP contribution in [0.1, 0.15) is 16.1 Å². The van der Waals surface area contributed by atoms with E-state index in [-0.39, 0.29) is 5.56 Å². The van der Waals surface area contributed by atoms with Crippen LogP contribution in [0, 0.1) is 0 Å². The summed E-state index contributed by atoms with van der Waals surface area (Å²) in [4.78, 5) is 15.8. The molecule has 0 unspecified atom stereocenters. The van der Waals surface area contributed by atoms with Crippen molar-refractivity contribution in [2.75, 3.05) is 5.32 Å². The number of carboxylic acid groups (broad SMARTS) is 1. The summed E-state index contributed by atoms with van der Waals surface area (Å²) in [5, 5.41) is 17.3. The van der Waals surface area contributed by atoms with Crippen LogP contribution >= 0.6 is 0 Å². The van der Waals surface area contributed by atoms with Crippen molar-refractivity contribution < 1.29 is 9.90 Å². The molecule has 0 amide bonds. The van der Waals surface area contributed by atoms with Gasteiger partial charge in [0.1, 0.15) is 5.82 Å². The molecular formula is C15H14N4O2. The normalized spacial score (nSPS) is 10.7. The van der Waals surface area contributed by atoms with Crippen molar-refractivity contribution in [2.45, 2.75) is 6.54 Å². The van der Waals surface area contributed by atoms with E-state index in [1.54, 1.807) is 28.9 Å². The zero-order chi connectivity index (χ0) is 14.8. The molecule has 3 rings (SSSR count). The van der Waals surface area contributed by atoms with Crippen molar-refractivity contribution >= 4 is 22.7 Å². The summed E-state index contributed by atoms with van der Waals surface area (Å²) in [6.45, 7) is 0.491. The van der Waals surface area contributed by atoms with Crippen LogP contribution in [-0.2, 0) is 13.6 Å². The maximum absolute atomic E-state index is 11.4. The summed E-state index contributed by atoms with van der Waals surface area (Å²) < 4.78 is 1.72. The number of rotatable bonds is 4. The van der Waals surface area contributed by atoms with Gasteiger partial charge in [-0.15, -0.1) is 0 Å². The highest BCUT2D eigenvalue weighted by atomic mass is 16.4. The Bertz CT molecular complexity index is 810. The maximum Gasteiger partial charge on any atom is 0.336 e. The van der Waals surface area contributed by atoms with E-state index in [0.29, 0.717) is 23.3 Å². The molecule has 1 aromatic carbocycles. The second-order valence-corrected chi connectivity index (χ2v) is 4.71. The number of aryl methyl sites for hydroxylation is 1. The molecule has 0 aliphatic carbocycles. The number of carboxylic acids is 1. The molecule has 0 bridgehead atoms. The molecule has 0 aliphatic rings. The van der Waals surface area contributed by atoms with Gasteiger partial charge in [-0.05, 0) is 18.2 Å². The second-order valence-electron chi connectivity index (χ2n) is 4.71. The molecule has 2 heterocycles. The summed E-state index contributed by atoms with van der Waals surface area (Å²) in [5.41, 5.74) is 1.76. The average Bonchev–Trinajstić information content (AvgIpc) is 2.89. The number of nitrogens with one attached hydrogen (secondary N) is 1. The van der Waals surface area contributed by atoms with Gasteiger partial charge in [-0.1, -0.05) is 18.2 Å². The SMILES string of the molecule is Cn1ccc(CNc2cc(C(=O)O)c3ccccc3n2)n1. The Morgan fingerprint density at radius 2 is 2.14 bits per heavy atom. The Morgan fingerprint density at radius 1 is 1.33 bits per heavy atom. The summed E-state index contributed by atoms with van der Waals surface area (Å²) >= 11 is 0. The lowest BCUT2D eigenvalue weighted by Gasteiger charge is -2.08. The minimum atomic E-state index is -0.963. The highest BCUT2D eigenvalue weighted by Gasteiger charge is 2.11. The van der Waals surface area contributed by atoms with E-state index in [1.807, 2.05) is 25.4 Å². The first-order valence-corrected chi connectivity index (χ1v) is 6.49. The van der Waals surface area contributed by atoms with Crippen LogP contribution in [0.2, 0.25) is 0 Å². The van der Waals surface area contributed by atoms with Gasteiger partial charge in [0.15, 0.2) is 0 Å². The molecule has 3 aromatic rings. The first-order chi connectivity index (χ1) is 10.1. The molecule has 0 radical (unpaired) electrons. The lowest BCUT2D eigenvalue weighted by Crippen LogP contribution is -2.06. The Morgan fingerprint density at radius 3 is 2.86 bits per heavy atom. The first kappa shape index (κ1) is 13.1. The van der Waals surface area contributed by atoms with Crippen molar-refractivity contribution in [1.29, 1.82) is 0 Å². The first-order valence-electron chi connectivity index (χ1n) is 6.49. The van der Waals surface area contributed by atoms with Crippen molar-refractivity contribution in [3.05, 3.63) is 53.9 Å². The van der Waals surface area contributed by atoms with E-state index >= 15 is 0 Å². The summed E-state index contributed by atoms with van der Waals surface area (Å²) in [6.07, 6.45) is 1.85. The highest BCUT2D eigenvalue weighted by molar-refractivity contribution is 6.03. The minimum absolute atomic E-state index is 0.240. The van der Waals surface area contributed by atoms with Crippen LogP contribution in [-0.4, -0.2) is 25.8 Å². The van der Waals surface area contributed by atoms with E-state index in [4.69, 9.17) is 0 Å². The fourth-order valence-corrected chi connectivity index (χ4v) is 2.18. The average molecular weight is 282 g/mol. The lowest BCUT2D eigenvalue weighted by atomic mass is 10.1. The predicted molar refractivity (Wildman–Crippen MR) is 79.2 cm³/mol. The highest BCUT2D eigenvalue weighted by Crippen LogP contribution is 2.21. The third-order valence-electron chi connectivity index (χ3n) is 3.17. The Labute approximate surface area is 121 Å². The fourth-order valence-electron chi connectivity index (χ4n) is 2.18. The van der Waals surface area contributed by atoms with Gasteiger partial charge in [0.2, 0.25) is 0 Å². The van der Waals surface area contributed by atoms with Gasteiger partial charge in [-0.3, -0.25) is 4.68 Å². The van der Waals surface area contributed by atoms with Gasteiger partial charge in [0.05, 0.1) is 23.3 Å². The maximum atomic E-state index is 11.4. The number of aromatic nitrogens is 3. The van der Waals surface area contributed by atoms with Gasteiger partial charge in [0, 0.05) is 18.6 Å². The van der Waals surface area contributed by atoms with E-state index in [2.05, 4.69) is 15.4 Å². The zero-order valence-electron chi connectivity index (χ0n) is 11.4. The molecule has 0 atom stereocenters. The van der Waals surface area contributed by atoms with Crippen LogP contribution < -0.4 is 5.32 Å². The molecule has 0 spiro atoms. The molecule has 2 aromatic heterocycles. The van der Waals surface area contributed by atoms with Gasteiger partial charge in [0.25, 0.3) is 0 Å². The number of pyridine rings is 1. The Kier molecular flexibility index (Phi) is 3.27. The predicted octanol–water partition coefficient (Wildman–Crippen LogP) is 2.28. The number of nitrogens with zero attached hydrogens (tertiary/aromatic N) is 3. The number of hydrogen-bond donors (Lipinski definition) is 2. The number of benzene rings is 1. The largest absolute Gasteiger partial charge is 0.478 e. The fraction of sp³-hybridized carbons (Fsp3) is 0.133. The molecule has 6 heteroatoms. The van der Waals surface area contributed by atoms with Gasteiger partial charge < -0.3 is 10.4 Å². The van der Waals surface area contributed by atoms with Crippen molar-refractivity contribution in [3.63, 3.8) is 0 Å². The van der Waals surface area contributed by atoms with E-state index < -0.39 is 5.97 Å². The molecule has 2 N–H and O–H groups in total. The number of fused-ring (bicyclic) bond motifs is 1. The Balaban J connectivity index is 1.93. The molecule has 0 aliphatic heterocycles. The zero-order valence-corrected chi connectivity index (χ0v) is 11.4. The van der Waals surface area contributed by atoms with E-state index in [9.17, 15) is 9.90 Å². The number of para-hydroxylation sites is 1. The standard InChI is InChI=1S/C15H14N4O2/c1-19-7-6-10(18-19)9-16-14-8-12(15(20)21)11-4-2-3-5-13(11)17-14/h2-8H,9H2,1H3,(H,16,17)(H,20,21). The van der Waals surface area contributed by atoms with Crippen molar-refractivity contribution in [1.82, 2.24) is 14.8 Å². The van der Waals surface area contributed by atoms with Crippen molar-refractivity contribution in [2.24, 2.45) is 7.05 Å². The molecule has 6 nitrogen and oxygen atoms in total. The van der Waals surface area contributed by atoms with E-state index in [1.165, 1.54) is 0 Å². The third-order valence-corrected chi connectivity index (χ3v) is 3.17. The van der Waals surface area contributed by atoms with Crippen LogP contribution in [0.3, 0.4) is 0 Å². The molecule has 0 saturated heterocycles. The van der Waals surface area contributed by atoms with E-state index in [0.717, 1.165) is 5.69 Å². The van der Waals surface area contributed by atoms with Gasteiger partial charge in [-0.2, -0.15) is 5.10 Å². The topological polar surface area (TPSA) is 80.0 Å². The van der Waals surface area contributed by atoms with Crippen LogP contribution in [0.15, 0.2) is 42.6 Å². The molecule has 0 fully saturated rings. The molecule has 0 saturated carbocycles. The summed E-state index contributed by atoms with van der Waals surface area (Å²) in [5.74, 6) is -0.439. The lowest BCUT2D eigenvalue weighted by molar-refractivity contribution is 0.0699. The Hall–Kier alpha value is -2.89. The number of carbonyl (C=O) groups is 1. The quantitative estimate of drug-likeness (QED) is 0.767. The van der Waals surface area contributed by atoms with Crippen LogP contribution in [0.25, 0.3) is 10.9 Å². The number of anilines is 1. The second kappa shape index (κ2) is 5.24. The van der Waals surface area contributed by atoms with Crippen LogP contribution in [0.5, 0.6) is 0 Å². The van der Waals surface area contributed by atoms with Crippen LogP contribution in [0.4, 0.5) is 5.82 Å². The third kappa shape index (κ3) is 2.69. The van der Waals surface area contributed by atoms with Crippen molar-refractivity contribution in [3.8, 4) is 0 Å². The molecule has 106 valence electrons. The minimum Gasteiger partial charge on any atom is -0.478 e. The summed E-state index contributed by atoms with van der Waals surface area (Å²) in [6, 6.07) is 10.6. The monoisotopic (exact) mass is 282 g/mol. The summed E-state index contributed by atoms with van der Waals surface area (Å²) in [7, 11) is 1.85.